The van der Waals surface area contributed by atoms with Gasteiger partial charge in [0.1, 0.15) is 6.61 Å². The third-order valence-electron chi connectivity index (χ3n) is 4.05. The number of rotatable bonds is 5. The van der Waals surface area contributed by atoms with Gasteiger partial charge < -0.3 is 9.47 Å². The van der Waals surface area contributed by atoms with Crippen LogP contribution in [0.1, 0.15) is 21.5 Å². The molecule has 4 nitrogen and oxygen atoms in total. The number of carbonyl (C=O) groups excluding carboxylic acids is 1. The summed E-state index contributed by atoms with van der Waals surface area (Å²) in [5.74, 6) is -0.340. The van der Waals surface area contributed by atoms with Crippen LogP contribution in [0, 0.1) is 0 Å². The molecule has 0 amide bonds. The first-order valence-electron chi connectivity index (χ1n) is 8.02. The lowest BCUT2D eigenvalue weighted by Gasteiger charge is -2.27. The first-order valence-corrected chi connectivity index (χ1v) is 8.40. The van der Waals surface area contributed by atoms with Crippen molar-refractivity contribution in [2.24, 2.45) is 0 Å². The average Bonchev–Trinajstić information content (AvgIpc) is 2.62. The van der Waals surface area contributed by atoms with Gasteiger partial charge in [-0.1, -0.05) is 35.9 Å². The third kappa shape index (κ3) is 4.57. The molecule has 126 valence electrons. The van der Waals surface area contributed by atoms with Gasteiger partial charge in [0.2, 0.25) is 0 Å². The van der Waals surface area contributed by atoms with Crippen LogP contribution in [0.25, 0.3) is 0 Å². The summed E-state index contributed by atoms with van der Waals surface area (Å²) in [4.78, 5) is 14.5. The molecule has 0 radical (unpaired) electrons. The van der Waals surface area contributed by atoms with E-state index in [2.05, 4.69) is 11.0 Å². The molecule has 1 aliphatic rings. The van der Waals surface area contributed by atoms with E-state index < -0.39 is 0 Å². The SMILES string of the molecule is O=C(OCc1ccccc1CN1CCOCC1)c1ccc(Cl)cc1. The molecule has 0 aliphatic carbocycles. The largest absolute Gasteiger partial charge is 0.457 e. The van der Waals surface area contributed by atoms with Crippen molar-refractivity contribution < 1.29 is 14.3 Å². The summed E-state index contributed by atoms with van der Waals surface area (Å²) >= 11 is 5.84. The van der Waals surface area contributed by atoms with Crippen molar-refractivity contribution in [3.63, 3.8) is 0 Å². The van der Waals surface area contributed by atoms with Crippen molar-refractivity contribution in [1.29, 1.82) is 0 Å². The number of carbonyl (C=O) groups is 1. The van der Waals surface area contributed by atoms with Crippen molar-refractivity contribution in [3.05, 3.63) is 70.2 Å². The normalized spacial score (nSPS) is 15.2. The summed E-state index contributed by atoms with van der Waals surface area (Å²) in [6, 6.07) is 14.8. The first kappa shape index (κ1) is 17.0. The van der Waals surface area contributed by atoms with Gasteiger partial charge in [-0.2, -0.15) is 0 Å². The quantitative estimate of drug-likeness (QED) is 0.777. The fraction of sp³-hybridized carbons (Fsp3) is 0.316. The lowest BCUT2D eigenvalue weighted by Crippen LogP contribution is -2.35. The summed E-state index contributed by atoms with van der Waals surface area (Å²) in [5.41, 5.74) is 2.72. The van der Waals surface area contributed by atoms with Crippen LogP contribution in [0.3, 0.4) is 0 Å². The van der Waals surface area contributed by atoms with E-state index in [0.717, 1.165) is 38.4 Å². The molecule has 0 saturated carbocycles. The van der Waals surface area contributed by atoms with E-state index in [1.807, 2.05) is 18.2 Å². The molecule has 1 fully saturated rings. The number of morpholine rings is 1. The third-order valence-corrected chi connectivity index (χ3v) is 4.31. The van der Waals surface area contributed by atoms with Crippen LogP contribution in [0.15, 0.2) is 48.5 Å². The van der Waals surface area contributed by atoms with Gasteiger partial charge in [0.15, 0.2) is 0 Å². The second kappa shape index (κ2) is 8.29. The molecular weight excluding hydrogens is 326 g/mol. The molecule has 5 heteroatoms. The number of halogens is 1. The molecule has 3 rings (SSSR count). The molecule has 2 aromatic carbocycles. The smallest absolute Gasteiger partial charge is 0.338 e. The Morgan fingerprint density at radius 1 is 1.04 bits per heavy atom. The van der Waals surface area contributed by atoms with E-state index in [1.54, 1.807) is 24.3 Å². The van der Waals surface area contributed by atoms with E-state index in [1.165, 1.54) is 5.56 Å². The maximum Gasteiger partial charge on any atom is 0.338 e. The zero-order valence-corrected chi connectivity index (χ0v) is 14.2. The zero-order chi connectivity index (χ0) is 16.8. The zero-order valence-electron chi connectivity index (χ0n) is 13.4. The van der Waals surface area contributed by atoms with E-state index in [4.69, 9.17) is 21.1 Å². The molecule has 0 aromatic heterocycles. The molecule has 0 spiro atoms. The van der Waals surface area contributed by atoms with Crippen LogP contribution in [-0.4, -0.2) is 37.2 Å². The maximum atomic E-state index is 12.1. The standard InChI is InChI=1S/C19H20ClNO3/c20-18-7-5-15(6-8-18)19(22)24-14-17-4-2-1-3-16(17)13-21-9-11-23-12-10-21/h1-8H,9-14H2. The molecule has 0 N–H and O–H groups in total. The Balaban J connectivity index is 1.62. The van der Waals surface area contributed by atoms with Crippen molar-refractivity contribution in [1.82, 2.24) is 4.90 Å². The summed E-state index contributed by atoms with van der Waals surface area (Å²) in [6.07, 6.45) is 0. The second-order valence-corrected chi connectivity index (χ2v) is 6.18. The molecular formula is C19H20ClNO3. The Morgan fingerprint density at radius 2 is 1.71 bits per heavy atom. The molecule has 1 aliphatic heterocycles. The van der Waals surface area contributed by atoms with Crippen LogP contribution < -0.4 is 0 Å². The van der Waals surface area contributed by atoms with Crippen LogP contribution in [0.4, 0.5) is 0 Å². The minimum atomic E-state index is -0.340. The predicted octanol–water partition coefficient (Wildman–Crippen LogP) is 3.53. The minimum Gasteiger partial charge on any atom is -0.457 e. The predicted molar refractivity (Wildman–Crippen MR) is 93.1 cm³/mol. The van der Waals surface area contributed by atoms with Gasteiger partial charge in [-0.15, -0.1) is 0 Å². The van der Waals surface area contributed by atoms with Crippen LogP contribution >= 0.6 is 11.6 Å². The molecule has 1 heterocycles. The summed E-state index contributed by atoms with van der Waals surface area (Å²) in [6.45, 7) is 4.51. The summed E-state index contributed by atoms with van der Waals surface area (Å²) in [7, 11) is 0. The number of benzene rings is 2. The Bertz CT molecular complexity index is 681. The van der Waals surface area contributed by atoms with E-state index >= 15 is 0 Å². The average molecular weight is 346 g/mol. The highest BCUT2D eigenvalue weighted by Gasteiger charge is 2.14. The Kier molecular flexibility index (Phi) is 5.86. The van der Waals surface area contributed by atoms with E-state index in [0.29, 0.717) is 10.6 Å². The number of hydrogen-bond acceptors (Lipinski definition) is 4. The van der Waals surface area contributed by atoms with Crippen molar-refractivity contribution >= 4 is 17.6 Å². The van der Waals surface area contributed by atoms with Gasteiger partial charge in [-0.25, -0.2) is 4.79 Å². The van der Waals surface area contributed by atoms with Crippen molar-refractivity contribution in [2.45, 2.75) is 13.2 Å². The molecule has 0 unspecified atom stereocenters. The van der Waals surface area contributed by atoms with Gasteiger partial charge in [-0.05, 0) is 35.4 Å². The van der Waals surface area contributed by atoms with Gasteiger partial charge >= 0.3 is 5.97 Å². The molecule has 0 atom stereocenters. The lowest BCUT2D eigenvalue weighted by molar-refractivity contribution is 0.0335. The van der Waals surface area contributed by atoms with Gasteiger partial charge in [0.25, 0.3) is 0 Å². The highest BCUT2D eigenvalue weighted by molar-refractivity contribution is 6.30. The highest BCUT2D eigenvalue weighted by Crippen LogP contribution is 2.16. The van der Waals surface area contributed by atoms with E-state index in [-0.39, 0.29) is 12.6 Å². The van der Waals surface area contributed by atoms with Crippen molar-refractivity contribution in [3.8, 4) is 0 Å². The van der Waals surface area contributed by atoms with Gasteiger partial charge in [0.05, 0.1) is 18.8 Å². The second-order valence-electron chi connectivity index (χ2n) is 5.74. The van der Waals surface area contributed by atoms with E-state index in [9.17, 15) is 4.79 Å². The number of nitrogens with zero attached hydrogens (tertiary/aromatic N) is 1. The van der Waals surface area contributed by atoms with Gasteiger partial charge in [-0.3, -0.25) is 4.90 Å². The topological polar surface area (TPSA) is 38.8 Å². The molecule has 24 heavy (non-hydrogen) atoms. The lowest BCUT2D eigenvalue weighted by atomic mass is 10.1. The Hall–Kier alpha value is -1.88. The summed E-state index contributed by atoms with van der Waals surface area (Å²) in [5, 5.41) is 0.599. The van der Waals surface area contributed by atoms with Crippen LogP contribution in [0.2, 0.25) is 5.02 Å². The molecule has 1 saturated heterocycles. The fourth-order valence-electron chi connectivity index (χ4n) is 2.67. The minimum absolute atomic E-state index is 0.266. The highest BCUT2D eigenvalue weighted by atomic mass is 35.5. The first-order chi connectivity index (χ1) is 11.7. The number of hydrogen-bond donors (Lipinski definition) is 0. The molecule has 2 aromatic rings. The maximum absolute atomic E-state index is 12.1. The van der Waals surface area contributed by atoms with Crippen molar-refractivity contribution in [2.75, 3.05) is 26.3 Å². The Labute approximate surface area is 146 Å². The summed E-state index contributed by atoms with van der Waals surface area (Å²) < 4.78 is 10.8. The number of ether oxygens (including phenoxy) is 2. The van der Waals surface area contributed by atoms with Crippen LogP contribution in [0.5, 0.6) is 0 Å². The molecule has 0 bridgehead atoms. The number of esters is 1. The Morgan fingerprint density at radius 3 is 2.42 bits per heavy atom. The monoisotopic (exact) mass is 345 g/mol. The van der Waals surface area contributed by atoms with Crippen LogP contribution in [-0.2, 0) is 22.6 Å². The fourth-order valence-corrected chi connectivity index (χ4v) is 2.79. The van der Waals surface area contributed by atoms with Gasteiger partial charge in [0, 0.05) is 24.7 Å².